The van der Waals surface area contributed by atoms with E-state index in [1.54, 1.807) is 0 Å². The van der Waals surface area contributed by atoms with Crippen LogP contribution in [0.15, 0.2) is 48.0 Å². The van der Waals surface area contributed by atoms with Gasteiger partial charge in [0.2, 0.25) is 0 Å². The molecule has 1 amide bonds. The first-order valence-corrected chi connectivity index (χ1v) is 12.6. The quantitative estimate of drug-likeness (QED) is 0.340. The molecule has 37 heavy (non-hydrogen) atoms. The summed E-state index contributed by atoms with van der Waals surface area (Å²) in [7, 11) is 1.35. The van der Waals surface area contributed by atoms with Gasteiger partial charge >= 0.3 is 0 Å². The predicted molar refractivity (Wildman–Crippen MR) is 139 cm³/mol. The van der Waals surface area contributed by atoms with Crippen molar-refractivity contribution in [1.29, 1.82) is 0 Å². The van der Waals surface area contributed by atoms with Gasteiger partial charge in [-0.2, -0.15) is 0 Å². The van der Waals surface area contributed by atoms with Gasteiger partial charge in [-0.3, -0.25) is 14.5 Å². The van der Waals surface area contributed by atoms with E-state index >= 15 is 0 Å². The number of nitrogens with zero attached hydrogens (tertiary/aromatic N) is 2. The fourth-order valence-corrected chi connectivity index (χ4v) is 4.88. The summed E-state index contributed by atoms with van der Waals surface area (Å²) in [4.78, 5) is 30.3. The maximum absolute atomic E-state index is 14.4. The molecule has 2 fully saturated rings. The predicted octanol–water partition coefficient (Wildman–Crippen LogP) is 4.28. The van der Waals surface area contributed by atoms with Gasteiger partial charge in [0.25, 0.3) is 11.7 Å². The Hall–Kier alpha value is -3.23. The van der Waals surface area contributed by atoms with Gasteiger partial charge in [-0.05, 0) is 41.2 Å². The van der Waals surface area contributed by atoms with E-state index in [0.29, 0.717) is 31.7 Å². The molecule has 2 aliphatic heterocycles. The van der Waals surface area contributed by atoms with Gasteiger partial charge in [0.05, 0.1) is 31.9 Å². The highest BCUT2D eigenvalue weighted by Gasteiger charge is 2.46. The van der Waals surface area contributed by atoms with Crippen LogP contribution in [0.4, 0.5) is 4.39 Å². The van der Waals surface area contributed by atoms with Crippen LogP contribution in [0.1, 0.15) is 49.9 Å². The van der Waals surface area contributed by atoms with E-state index in [-0.39, 0.29) is 22.3 Å². The van der Waals surface area contributed by atoms with Gasteiger partial charge in [-0.15, -0.1) is 0 Å². The number of rotatable bonds is 7. The largest absolute Gasteiger partial charge is 0.507 e. The number of aliphatic hydroxyl groups excluding tert-OH is 1. The number of ketones is 1. The fourth-order valence-electron chi connectivity index (χ4n) is 4.88. The van der Waals surface area contributed by atoms with Crippen LogP contribution in [-0.2, 0) is 19.7 Å². The number of aliphatic hydroxyl groups is 1. The van der Waals surface area contributed by atoms with Crippen molar-refractivity contribution >= 4 is 17.4 Å². The molecule has 7 nitrogen and oxygen atoms in total. The number of morpholine rings is 1. The van der Waals surface area contributed by atoms with Gasteiger partial charge in [-0.1, -0.05) is 45.0 Å². The first kappa shape index (κ1) is 26.8. The van der Waals surface area contributed by atoms with Crippen molar-refractivity contribution in [3.8, 4) is 5.75 Å². The zero-order valence-electron chi connectivity index (χ0n) is 21.9. The average molecular weight is 511 g/mol. The van der Waals surface area contributed by atoms with E-state index in [0.717, 1.165) is 31.3 Å². The van der Waals surface area contributed by atoms with Crippen LogP contribution in [0.5, 0.6) is 5.75 Å². The van der Waals surface area contributed by atoms with E-state index in [1.807, 2.05) is 24.3 Å². The van der Waals surface area contributed by atoms with E-state index in [2.05, 4.69) is 25.7 Å². The third-order valence-electron chi connectivity index (χ3n) is 7.03. The third-order valence-corrected chi connectivity index (χ3v) is 7.03. The Morgan fingerprint density at radius 3 is 2.35 bits per heavy atom. The van der Waals surface area contributed by atoms with Crippen LogP contribution in [0, 0.1) is 5.82 Å². The van der Waals surface area contributed by atoms with Crippen molar-refractivity contribution in [1.82, 2.24) is 9.80 Å². The highest BCUT2D eigenvalue weighted by Crippen LogP contribution is 2.40. The summed E-state index contributed by atoms with van der Waals surface area (Å²) in [5, 5.41) is 11.2. The molecule has 0 bridgehead atoms. The lowest BCUT2D eigenvalue weighted by Crippen LogP contribution is -2.39. The van der Waals surface area contributed by atoms with Gasteiger partial charge in [-0.25, -0.2) is 4.39 Å². The number of Topliss-reactive ketones (excluding diaryl/α,β-unsaturated/α-hetero) is 1. The molecule has 0 saturated carbocycles. The number of amides is 1. The zero-order chi connectivity index (χ0) is 26.7. The van der Waals surface area contributed by atoms with E-state index < -0.39 is 29.3 Å². The summed E-state index contributed by atoms with van der Waals surface area (Å²) in [6, 6.07) is 11.0. The molecular weight excluding hydrogens is 475 g/mol. The van der Waals surface area contributed by atoms with Crippen LogP contribution in [0.2, 0.25) is 0 Å². The second-order valence-electron chi connectivity index (χ2n) is 10.5. The van der Waals surface area contributed by atoms with Crippen LogP contribution < -0.4 is 4.74 Å². The number of hydrogen-bond acceptors (Lipinski definition) is 6. The Kier molecular flexibility index (Phi) is 7.99. The van der Waals surface area contributed by atoms with Crippen molar-refractivity contribution in [3.63, 3.8) is 0 Å². The molecule has 8 heteroatoms. The van der Waals surface area contributed by atoms with Gasteiger partial charge in [0.1, 0.15) is 5.76 Å². The van der Waals surface area contributed by atoms with Crippen LogP contribution >= 0.6 is 0 Å². The minimum atomic E-state index is -0.774. The van der Waals surface area contributed by atoms with Crippen LogP contribution in [-0.4, -0.2) is 73.1 Å². The summed E-state index contributed by atoms with van der Waals surface area (Å²) in [5.41, 5.74) is 1.83. The summed E-state index contributed by atoms with van der Waals surface area (Å²) in [6.45, 7) is 10.5. The van der Waals surface area contributed by atoms with Crippen molar-refractivity contribution < 1.29 is 28.6 Å². The van der Waals surface area contributed by atoms with E-state index in [4.69, 9.17) is 9.47 Å². The number of benzene rings is 2. The topological polar surface area (TPSA) is 79.3 Å². The molecule has 2 aromatic rings. The maximum atomic E-state index is 14.4. The minimum Gasteiger partial charge on any atom is -0.507 e. The highest BCUT2D eigenvalue weighted by atomic mass is 19.1. The lowest BCUT2D eigenvalue weighted by molar-refractivity contribution is -0.140. The van der Waals surface area contributed by atoms with E-state index in [9.17, 15) is 19.1 Å². The molecule has 0 aromatic heterocycles. The lowest BCUT2D eigenvalue weighted by Gasteiger charge is -2.29. The molecule has 2 saturated heterocycles. The lowest BCUT2D eigenvalue weighted by atomic mass is 9.85. The standard InChI is InChI=1S/C29H35FN2O5/c1-29(2,3)21-9-6-19(7-10-21)25-24(26(33)20-8-11-23(36-4)22(30)18-20)27(34)28(35)32(25)13-5-12-31-14-16-37-17-15-31/h6-11,18,25,33H,5,12-17H2,1-4H3. The summed E-state index contributed by atoms with van der Waals surface area (Å²) < 4.78 is 24.8. The van der Waals surface area contributed by atoms with Crippen molar-refractivity contribution in [3.05, 3.63) is 70.5 Å². The minimum absolute atomic E-state index is 0.0226. The number of carbonyl (C=O) groups is 2. The number of carbonyl (C=O) groups excluding carboxylic acids is 2. The molecule has 2 aliphatic rings. The molecule has 2 heterocycles. The Balaban J connectivity index is 1.71. The summed E-state index contributed by atoms with van der Waals surface area (Å²) in [6.07, 6.45) is 0.667. The smallest absolute Gasteiger partial charge is 0.295 e. The molecule has 0 radical (unpaired) electrons. The summed E-state index contributed by atoms with van der Waals surface area (Å²) in [5.74, 6) is -2.49. The van der Waals surface area contributed by atoms with Crippen molar-refractivity contribution in [2.24, 2.45) is 0 Å². The Morgan fingerprint density at radius 2 is 1.76 bits per heavy atom. The Morgan fingerprint density at radius 1 is 1.08 bits per heavy atom. The molecule has 1 N–H and O–H groups in total. The SMILES string of the molecule is COc1ccc(C(O)=C2C(=O)C(=O)N(CCCN3CCOCC3)C2c2ccc(C(C)(C)C)cc2)cc1F. The van der Waals surface area contributed by atoms with Crippen molar-refractivity contribution in [2.45, 2.75) is 38.6 Å². The number of halogens is 1. The number of ether oxygens (including phenoxy) is 2. The van der Waals surface area contributed by atoms with Crippen molar-refractivity contribution in [2.75, 3.05) is 46.5 Å². The Labute approximate surface area is 217 Å². The van der Waals surface area contributed by atoms with Crippen LogP contribution in [0.3, 0.4) is 0 Å². The first-order valence-electron chi connectivity index (χ1n) is 12.6. The normalized spacial score (nSPS) is 20.5. The second kappa shape index (κ2) is 11.0. The number of methoxy groups -OCH3 is 1. The van der Waals surface area contributed by atoms with Gasteiger partial charge < -0.3 is 19.5 Å². The molecule has 4 rings (SSSR count). The first-order chi connectivity index (χ1) is 17.6. The fraction of sp³-hybridized carbons (Fsp3) is 0.448. The molecule has 2 aromatic carbocycles. The molecule has 1 unspecified atom stereocenters. The molecule has 0 aliphatic carbocycles. The van der Waals surface area contributed by atoms with Gasteiger partial charge in [0.15, 0.2) is 11.6 Å². The molecule has 198 valence electrons. The highest BCUT2D eigenvalue weighted by molar-refractivity contribution is 6.46. The Bertz CT molecular complexity index is 1180. The molecule has 1 atom stereocenters. The van der Waals surface area contributed by atoms with Crippen LogP contribution in [0.25, 0.3) is 5.76 Å². The zero-order valence-corrected chi connectivity index (χ0v) is 21.9. The van der Waals surface area contributed by atoms with Gasteiger partial charge in [0, 0.05) is 31.7 Å². The average Bonchev–Trinajstić information content (AvgIpc) is 3.13. The second-order valence-corrected chi connectivity index (χ2v) is 10.5. The number of hydrogen-bond donors (Lipinski definition) is 1. The number of likely N-dealkylation sites (tertiary alicyclic amines) is 1. The maximum Gasteiger partial charge on any atom is 0.295 e. The monoisotopic (exact) mass is 510 g/mol. The third kappa shape index (κ3) is 5.70. The molecular formula is C29H35FN2O5. The summed E-state index contributed by atoms with van der Waals surface area (Å²) >= 11 is 0. The van der Waals surface area contributed by atoms with E-state index in [1.165, 1.54) is 24.1 Å². The molecule has 0 spiro atoms.